The second kappa shape index (κ2) is 9.19. The van der Waals surface area contributed by atoms with Crippen molar-refractivity contribution in [2.45, 2.75) is 0 Å². The molecule has 0 aliphatic carbocycles. The third-order valence-corrected chi connectivity index (χ3v) is 15.0. The summed E-state index contributed by atoms with van der Waals surface area (Å²) in [6.07, 6.45) is 0. The highest BCUT2D eigenvalue weighted by molar-refractivity contribution is 7.39. The van der Waals surface area contributed by atoms with E-state index in [1.165, 1.54) is 0 Å². The van der Waals surface area contributed by atoms with E-state index in [1.807, 2.05) is 24.3 Å². The van der Waals surface area contributed by atoms with Gasteiger partial charge in [-0.3, -0.25) is 0 Å². The Morgan fingerprint density at radius 2 is 0.567 bits per heavy atom. The lowest BCUT2D eigenvalue weighted by molar-refractivity contribution is 1.72. The van der Waals surface area contributed by atoms with E-state index in [0.717, 1.165) is 20.7 Å². The summed E-state index contributed by atoms with van der Waals surface area (Å²) >= 11 is 15.0. The van der Waals surface area contributed by atoms with Gasteiger partial charge in [0.1, 0.15) is 0 Å². The third-order valence-electron chi connectivity index (χ3n) is 5.32. The highest BCUT2D eigenvalue weighted by Gasteiger charge is 2.37. The minimum Gasteiger partial charge on any atom is -0.149 e. The minimum absolute atomic E-state index is 1.16. The van der Waals surface area contributed by atoms with Crippen LogP contribution in [-0.4, -0.2) is 14.8 Å². The Bertz CT molecular complexity index is 929. The molecule has 0 saturated heterocycles. The largest absolute Gasteiger partial charge is 0.240 e. The van der Waals surface area contributed by atoms with Crippen LogP contribution < -0.4 is 20.7 Å². The molecule has 0 saturated carbocycles. The van der Waals surface area contributed by atoms with Gasteiger partial charge in [-0.05, 0) is 20.7 Å². The maximum absolute atomic E-state index is 7.49. The molecule has 4 aromatic rings. The Labute approximate surface area is 189 Å². The molecule has 0 unspecified atom stereocenters. The van der Waals surface area contributed by atoms with Crippen molar-refractivity contribution < 1.29 is 0 Å². The second-order valence-corrected chi connectivity index (χ2v) is 16.6. The molecule has 0 N–H and O–H groups in total. The van der Waals surface area contributed by atoms with Crippen LogP contribution >= 0.6 is 22.2 Å². The summed E-state index contributed by atoms with van der Waals surface area (Å²) in [5.74, 6) is 0. The third kappa shape index (κ3) is 4.23. The Hall–Kier alpha value is -2.37. The molecule has 4 aromatic carbocycles. The van der Waals surface area contributed by atoms with Gasteiger partial charge in [-0.25, -0.2) is 0 Å². The molecule has 30 heavy (non-hydrogen) atoms. The highest BCUT2D eigenvalue weighted by atomic mass is 35.6. The van der Waals surface area contributed by atoms with Crippen molar-refractivity contribution in [1.82, 2.24) is 0 Å². The quantitative estimate of drug-likeness (QED) is 0.290. The van der Waals surface area contributed by atoms with Crippen molar-refractivity contribution in [1.29, 1.82) is 0 Å². The fourth-order valence-electron chi connectivity index (χ4n) is 3.67. The summed E-state index contributed by atoms with van der Waals surface area (Å²) in [4.78, 5) is 0. The first-order chi connectivity index (χ1) is 14.6. The van der Waals surface area contributed by atoms with Gasteiger partial charge in [-0.15, -0.1) is 22.2 Å². The van der Waals surface area contributed by atoms with Crippen molar-refractivity contribution >= 4 is 57.7 Å². The maximum atomic E-state index is 7.49. The fourth-order valence-corrected chi connectivity index (χ4v) is 12.3. The molecule has 0 amide bonds. The van der Waals surface area contributed by atoms with Gasteiger partial charge >= 0.3 is 0 Å². The first-order valence-corrected chi connectivity index (χ1v) is 16.1. The Morgan fingerprint density at radius 3 is 0.767 bits per heavy atom. The predicted molar refractivity (Wildman–Crippen MR) is 137 cm³/mol. The Morgan fingerprint density at radius 1 is 0.367 bits per heavy atom. The van der Waals surface area contributed by atoms with Crippen LogP contribution in [0.25, 0.3) is 0 Å². The van der Waals surface area contributed by atoms with Crippen molar-refractivity contribution in [2.75, 3.05) is 0 Å². The van der Waals surface area contributed by atoms with E-state index in [-0.39, 0.29) is 0 Å². The molecular formula is C26H22Cl2Si2. The van der Waals surface area contributed by atoms with Crippen LogP contribution in [0.3, 0.4) is 0 Å². The summed E-state index contributed by atoms with van der Waals surface area (Å²) in [6.45, 7) is 0. The van der Waals surface area contributed by atoms with Gasteiger partial charge in [0.15, 0.2) is 0 Å². The van der Waals surface area contributed by atoms with Crippen LogP contribution in [0.5, 0.6) is 0 Å². The average Bonchev–Trinajstić information content (AvgIpc) is 2.84. The summed E-state index contributed by atoms with van der Waals surface area (Å²) in [7, 11) is -5.27. The zero-order valence-electron chi connectivity index (χ0n) is 16.5. The molecule has 0 aliphatic rings. The summed E-state index contributed by atoms with van der Waals surface area (Å²) in [5, 5.41) is 4.62. The minimum atomic E-state index is -2.64. The first-order valence-electron chi connectivity index (χ1n) is 9.93. The van der Waals surface area contributed by atoms with Gasteiger partial charge in [0.05, 0.1) is 0 Å². The number of hydrogen-bond acceptors (Lipinski definition) is 0. The Balaban J connectivity index is 1.87. The van der Waals surface area contributed by atoms with Gasteiger partial charge in [-0.2, -0.15) is 0 Å². The summed E-state index contributed by atoms with van der Waals surface area (Å²) in [6, 6.07) is 41.5. The molecule has 0 nitrogen and oxygen atoms in total. The fraction of sp³-hybridized carbons (Fsp3) is 0. The normalized spacial score (nSPS) is 12.2. The number of benzene rings is 4. The topological polar surface area (TPSA) is 0 Å². The molecule has 0 fully saturated rings. The molecule has 0 radical (unpaired) electrons. The van der Waals surface area contributed by atoms with Crippen LogP contribution in [0.1, 0.15) is 0 Å². The van der Waals surface area contributed by atoms with E-state index < -0.39 is 14.8 Å². The number of hydrogen-bond donors (Lipinski definition) is 0. The smallest absolute Gasteiger partial charge is 0.149 e. The molecule has 0 bridgehead atoms. The summed E-state index contributed by atoms with van der Waals surface area (Å²) < 4.78 is 0. The molecule has 0 spiro atoms. The van der Waals surface area contributed by atoms with E-state index in [9.17, 15) is 0 Å². The maximum Gasteiger partial charge on any atom is 0.240 e. The molecule has 0 aromatic heterocycles. The van der Waals surface area contributed by atoms with E-state index in [2.05, 4.69) is 108 Å². The van der Waals surface area contributed by atoms with Crippen molar-refractivity contribution in [2.24, 2.45) is 0 Å². The van der Waals surface area contributed by atoms with Crippen molar-refractivity contribution in [3.63, 3.8) is 0 Å². The van der Waals surface area contributed by atoms with Crippen LogP contribution in [0.4, 0.5) is 0 Å². The van der Waals surface area contributed by atoms with Gasteiger partial charge in [-0.1, -0.05) is 133 Å². The van der Waals surface area contributed by atoms with Crippen LogP contribution in [-0.2, 0) is 0 Å². The monoisotopic (exact) mass is 460 g/mol. The molecule has 4 heteroatoms. The summed E-state index contributed by atoms with van der Waals surface area (Å²) in [5.41, 5.74) is 4.44. The number of rotatable bonds is 6. The van der Waals surface area contributed by atoms with E-state index >= 15 is 0 Å². The number of halogens is 2. The van der Waals surface area contributed by atoms with Crippen LogP contribution in [0.2, 0.25) is 0 Å². The molecule has 0 heterocycles. The predicted octanol–water partition coefficient (Wildman–Crippen LogP) is 4.62. The molecule has 0 atom stereocenters. The highest BCUT2D eigenvalue weighted by Crippen LogP contribution is 2.18. The standard InChI is InChI=1S/C26H22Cl2Si2/c27-29(23-13-5-1-6-14-23,24-15-7-2-8-16-24)21-22-30(28,25-17-9-3-10-18-25)26-19-11-4-12-20-26/h1-22H/b22-21+. The van der Waals surface area contributed by atoms with E-state index in [0.29, 0.717) is 0 Å². The lowest BCUT2D eigenvalue weighted by atomic mass is 10.4. The molecule has 0 aliphatic heterocycles. The Kier molecular flexibility index (Phi) is 6.40. The van der Waals surface area contributed by atoms with Gasteiger partial charge < -0.3 is 0 Å². The van der Waals surface area contributed by atoms with Gasteiger partial charge in [0.2, 0.25) is 14.8 Å². The van der Waals surface area contributed by atoms with Gasteiger partial charge in [0.25, 0.3) is 0 Å². The molecular weight excluding hydrogens is 439 g/mol. The second-order valence-electron chi connectivity index (χ2n) is 7.22. The van der Waals surface area contributed by atoms with Crippen molar-refractivity contribution in [3.8, 4) is 0 Å². The van der Waals surface area contributed by atoms with E-state index in [4.69, 9.17) is 22.2 Å². The van der Waals surface area contributed by atoms with Gasteiger partial charge in [0, 0.05) is 0 Å². The zero-order valence-corrected chi connectivity index (χ0v) is 20.0. The van der Waals surface area contributed by atoms with E-state index in [1.54, 1.807) is 0 Å². The lowest BCUT2D eigenvalue weighted by Crippen LogP contribution is -2.56. The SMILES string of the molecule is Cl[Si](/C=C/[Si](Cl)(c1ccccc1)c1ccccc1)(c1ccccc1)c1ccccc1. The zero-order chi connectivity index (χ0) is 20.9. The average molecular weight is 462 g/mol. The van der Waals surface area contributed by atoms with Crippen LogP contribution in [0, 0.1) is 0 Å². The molecule has 148 valence electrons. The first kappa shape index (κ1) is 20.9. The van der Waals surface area contributed by atoms with Crippen molar-refractivity contribution in [3.05, 3.63) is 133 Å². The van der Waals surface area contributed by atoms with Crippen LogP contribution in [0.15, 0.2) is 133 Å². The molecule has 4 rings (SSSR count). The lowest BCUT2D eigenvalue weighted by Gasteiger charge is -2.26.